The van der Waals surface area contributed by atoms with Crippen molar-refractivity contribution >= 4 is 21.9 Å². The first-order valence-corrected chi connectivity index (χ1v) is 7.31. The number of aryl methyl sites for hydroxylation is 2. The van der Waals surface area contributed by atoms with Crippen LogP contribution in [0, 0.1) is 13.8 Å². The second kappa shape index (κ2) is 5.16. The van der Waals surface area contributed by atoms with Crippen LogP contribution >= 0.6 is 15.9 Å². The summed E-state index contributed by atoms with van der Waals surface area (Å²) in [6.45, 7) is 3.96. The minimum absolute atomic E-state index is 0.681. The monoisotopic (exact) mass is 326 g/mol. The van der Waals surface area contributed by atoms with Crippen molar-refractivity contribution in [1.82, 2.24) is 0 Å². The van der Waals surface area contributed by atoms with Crippen molar-refractivity contribution in [3.05, 3.63) is 27.2 Å². The van der Waals surface area contributed by atoms with Crippen molar-refractivity contribution in [2.24, 2.45) is 0 Å². The van der Waals surface area contributed by atoms with Crippen molar-refractivity contribution in [1.29, 1.82) is 0 Å². The third-order valence-electron chi connectivity index (χ3n) is 4.13. The molecule has 0 saturated heterocycles. The molecule has 0 atom stereocenters. The summed E-state index contributed by atoms with van der Waals surface area (Å²) in [5.74, 6) is -0.0317. The van der Waals surface area contributed by atoms with Crippen LogP contribution < -0.4 is 4.74 Å². The molecule has 0 aromatic heterocycles. The molecule has 1 aliphatic carbocycles. The number of halogens is 1. The highest BCUT2D eigenvalue weighted by atomic mass is 79.9. The fourth-order valence-corrected chi connectivity index (χ4v) is 3.86. The van der Waals surface area contributed by atoms with Crippen LogP contribution in [-0.2, 0) is 10.2 Å². The molecule has 0 amide bonds. The molecule has 1 aromatic carbocycles. The third-order valence-corrected chi connectivity index (χ3v) is 5.16. The van der Waals surface area contributed by atoms with Gasteiger partial charge in [0.1, 0.15) is 5.75 Å². The molecule has 2 rings (SSSR count). The lowest BCUT2D eigenvalue weighted by atomic mass is 9.77. The first kappa shape index (κ1) is 14.4. The Balaban J connectivity index is 2.76. The summed E-state index contributed by atoms with van der Waals surface area (Å²) in [6.07, 6.45) is 3.27. The van der Waals surface area contributed by atoms with Gasteiger partial charge in [-0.15, -0.1) is 0 Å². The van der Waals surface area contributed by atoms with Crippen LogP contribution in [0.1, 0.15) is 42.4 Å². The van der Waals surface area contributed by atoms with Crippen LogP contribution in [0.2, 0.25) is 0 Å². The lowest BCUT2D eigenvalue weighted by Crippen LogP contribution is -2.34. The Labute approximate surface area is 122 Å². The van der Waals surface area contributed by atoms with Crippen molar-refractivity contribution in [3.8, 4) is 5.75 Å². The second-order valence-corrected chi connectivity index (χ2v) is 6.12. The van der Waals surface area contributed by atoms with Crippen molar-refractivity contribution in [2.75, 3.05) is 7.11 Å². The van der Waals surface area contributed by atoms with Gasteiger partial charge in [0.2, 0.25) is 0 Å². The predicted molar refractivity (Wildman–Crippen MR) is 77.9 cm³/mol. The second-order valence-electron chi connectivity index (χ2n) is 5.33. The maximum absolute atomic E-state index is 11.9. The first-order valence-electron chi connectivity index (χ1n) is 6.51. The van der Waals surface area contributed by atoms with Crippen LogP contribution in [0.4, 0.5) is 0 Å². The van der Waals surface area contributed by atoms with Gasteiger partial charge in [0.05, 0.1) is 12.5 Å². The van der Waals surface area contributed by atoms with E-state index in [2.05, 4.69) is 15.9 Å². The highest BCUT2D eigenvalue weighted by molar-refractivity contribution is 9.10. The van der Waals surface area contributed by atoms with Crippen molar-refractivity contribution < 1.29 is 14.6 Å². The van der Waals surface area contributed by atoms with Gasteiger partial charge in [0.25, 0.3) is 0 Å². The molecule has 1 aliphatic rings. The fraction of sp³-hybridized carbons (Fsp3) is 0.533. The number of carboxylic acid groups (broad SMARTS) is 1. The largest absolute Gasteiger partial charge is 0.496 e. The number of hydrogen-bond acceptors (Lipinski definition) is 2. The van der Waals surface area contributed by atoms with E-state index in [-0.39, 0.29) is 0 Å². The van der Waals surface area contributed by atoms with Gasteiger partial charge >= 0.3 is 5.97 Å². The lowest BCUT2D eigenvalue weighted by Gasteiger charge is -2.29. The van der Waals surface area contributed by atoms with Crippen LogP contribution in [0.5, 0.6) is 5.75 Å². The Morgan fingerprint density at radius 3 is 2.37 bits per heavy atom. The zero-order valence-corrected chi connectivity index (χ0v) is 13.1. The molecule has 1 N–H and O–H groups in total. The van der Waals surface area contributed by atoms with Gasteiger partial charge < -0.3 is 9.84 Å². The van der Waals surface area contributed by atoms with E-state index < -0.39 is 11.4 Å². The maximum atomic E-state index is 11.9. The van der Waals surface area contributed by atoms with E-state index in [4.69, 9.17) is 4.74 Å². The molecule has 0 aliphatic heterocycles. The van der Waals surface area contributed by atoms with Crippen LogP contribution in [0.15, 0.2) is 10.5 Å². The average Bonchev–Trinajstić information content (AvgIpc) is 2.83. The third kappa shape index (κ3) is 2.16. The quantitative estimate of drug-likeness (QED) is 0.914. The van der Waals surface area contributed by atoms with Gasteiger partial charge in [-0.25, -0.2) is 0 Å². The number of carboxylic acids is 1. The highest BCUT2D eigenvalue weighted by Gasteiger charge is 2.46. The number of aliphatic carboxylic acids is 1. The van der Waals surface area contributed by atoms with Gasteiger partial charge in [-0.1, -0.05) is 34.8 Å². The molecule has 3 nitrogen and oxygen atoms in total. The summed E-state index contributed by atoms with van der Waals surface area (Å²) in [7, 11) is 1.61. The topological polar surface area (TPSA) is 46.5 Å². The number of rotatable bonds is 3. The SMILES string of the molecule is COc1c(C)cc(C)c(Br)c1C1(C(=O)O)CCCC1. The van der Waals surface area contributed by atoms with Crippen LogP contribution in [0.3, 0.4) is 0 Å². The molecular weight excluding hydrogens is 308 g/mol. The summed E-state index contributed by atoms with van der Waals surface area (Å²) >= 11 is 3.58. The van der Waals surface area contributed by atoms with Crippen molar-refractivity contribution in [3.63, 3.8) is 0 Å². The minimum atomic E-state index is -0.805. The van der Waals surface area contributed by atoms with E-state index in [1.165, 1.54) is 0 Å². The van der Waals surface area contributed by atoms with Gasteiger partial charge in [0, 0.05) is 10.0 Å². The fourth-order valence-electron chi connectivity index (χ4n) is 3.19. The Kier molecular flexibility index (Phi) is 3.90. The maximum Gasteiger partial charge on any atom is 0.314 e. The predicted octanol–water partition coefficient (Wildman–Crippen LogP) is 3.97. The van der Waals surface area contributed by atoms with Gasteiger partial charge in [-0.3, -0.25) is 4.79 Å². The Morgan fingerprint density at radius 1 is 1.32 bits per heavy atom. The molecule has 1 fully saturated rings. The van der Waals surface area contributed by atoms with Gasteiger partial charge in [0.15, 0.2) is 0 Å². The Hall–Kier alpha value is -1.03. The number of methoxy groups -OCH3 is 1. The van der Waals surface area contributed by atoms with Gasteiger partial charge in [-0.05, 0) is 37.8 Å². The molecule has 0 bridgehead atoms. The summed E-state index contributed by atoms with van der Waals surface area (Å²) in [4.78, 5) is 11.9. The van der Waals surface area contributed by atoms with E-state index >= 15 is 0 Å². The van der Waals surface area contributed by atoms with Crippen molar-refractivity contribution in [2.45, 2.75) is 44.9 Å². The first-order chi connectivity index (χ1) is 8.94. The molecule has 0 spiro atoms. The van der Waals surface area contributed by atoms with E-state index in [0.717, 1.165) is 34.0 Å². The summed E-state index contributed by atoms with van der Waals surface area (Å²) in [5, 5.41) is 9.77. The van der Waals surface area contributed by atoms with Crippen LogP contribution in [0.25, 0.3) is 0 Å². The summed E-state index contributed by atoms with van der Waals surface area (Å²) in [6, 6.07) is 2.02. The zero-order valence-electron chi connectivity index (χ0n) is 11.5. The molecule has 0 unspecified atom stereocenters. The standard InChI is InChI=1S/C15H19BrO3/c1-9-8-10(2)13(19-3)11(12(9)16)15(14(17)18)6-4-5-7-15/h8H,4-7H2,1-3H3,(H,17,18). The van der Waals surface area contributed by atoms with E-state index in [0.29, 0.717) is 18.6 Å². The Morgan fingerprint density at radius 2 is 1.89 bits per heavy atom. The molecule has 19 heavy (non-hydrogen) atoms. The van der Waals surface area contributed by atoms with E-state index in [9.17, 15) is 9.90 Å². The molecule has 104 valence electrons. The Bertz CT molecular complexity index is 517. The molecular formula is C15H19BrO3. The zero-order chi connectivity index (χ0) is 14.2. The van der Waals surface area contributed by atoms with Crippen LogP contribution in [-0.4, -0.2) is 18.2 Å². The van der Waals surface area contributed by atoms with E-state index in [1.807, 2.05) is 19.9 Å². The van der Waals surface area contributed by atoms with Gasteiger partial charge in [-0.2, -0.15) is 0 Å². The number of ether oxygens (including phenoxy) is 1. The number of hydrogen-bond donors (Lipinski definition) is 1. The smallest absolute Gasteiger partial charge is 0.314 e. The molecule has 0 heterocycles. The number of carbonyl (C=O) groups is 1. The molecule has 0 radical (unpaired) electrons. The summed E-state index contributed by atoms with van der Waals surface area (Å²) in [5.41, 5.74) is 2.06. The molecule has 4 heteroatoms. The number of benzene rings is 1. The normalized spacial score (nSPS) is 17.5. The summed E-state index contributed by atoms with van der Waals surface area (Å²) < 4.78 is 6.38. The molecule has 1 aromatic rings. The minimum Gasteiger partial charge on any atom is -0.496 e. The lowest BCUT2D eigenvalue weighted by molar-refractivity contribution is -0.143. The average molecular weight is 327 g/mol. The molecule has 1 saturated carbocycles. The highest BCUT2D eigenvalue weighted by Crippen LogP contribution is 2.49. The van der Waals surface area contributed by atoms with E-state index in [1.54, 1.807) is 7.11 Å².